The highest BCUT2D eigenvalue weighted by Crippen LogP contribution is 2.23. The average molecular weight is 573 g/mol. The Balaban J connectivity index is 0. The molecule has 0 aliphatic rings. The van der Waals surface area contributed by atoms with Gasteiger partial charge in [-0.2, -0.15) is 5.10 Å². The average Bonchev–Trinajstić information content (AvgIpc) is 3.34. The van der Waals surface area contributed by atoms with Crippen LogP contribution >= 0.6 is 0 Å². The van der Waals surface area contributed by atoms with Crippen LogP contribution in [0.15, 0.2) is 92.2 Å². The van der Waals surface area contributed by atoms with Crippen molar-refractivity contribution in [3.8, 4) is 18.6 Å². The molecule has 1 atom stereocenters. The number of phenols is 1. The summed E-state index contributed by atoms with van der Waals surface area (Å²) in [7, 11) is 1.94. The maximum atomic E-state index is 10.9. The number of phenolic OH excluding ortho intramolecular Hbond substituents is 1. The van der Waals surface area contributed by atoms with Crippen LogP contribution in [-0.2, 0) is 4.79 Å². The quantitative estimate of drug-likeness (QED) is 0.0952. The van der Waals surface area contributed by atoms with Crippen LogP contribution < -0.4 is 10.6 Å². The van der Waals surface area contributed by atoms with Crippen molar-refractivity contribution in [2.45, 2.75) is 53.9 Å². The molecule has 0 saturated carbocycles. The van der Waals surface area contributed by atoms with Gasteiger partial charge in [-0.3, -0.25) is 0 Å². The number of carbonyl (C=O) groups is 1. The second kappa shape index (κ2) is 24.5. The van der Waals surface area contributed by atoms with Crippen LogP contribution in [0.1, 0.15) is 48.6 Å². The monoisotopic (exact) mass is 572 g/mol. The predicted molar refractivity (Wildman–Crippen MR) is 182 cm³/mol. The van der Waals surface area contributed by atoms with E-state index in [0.29, 0.717) is 18.7 Å². The largest absolute Gasteiger partial charge is 0.508 e. The number of hydrogen-bond donors (Lipinski definition) is 3. The zero-order valence-electron chi connectivity index (χ0n) is 26.6. The van der Waals surface area contributed by atoms with E-state index in [1.54, 1.807) is 12.1 Å². The zero-order valence-corrected chi connectivity index (χ0v) is 26.6. The van der Waals surface area contributed by atoms with Crippen LogP contribution in [0.3, 0.4) is 0 Å². The lowest BCUT2D eigenvalue weighted by Crippen LogP contribution is -2.22. The van der Waals surface area contributed by atoms with E-state index in [-0.39, 0.29) is 5.92 Å². The summed E-state index contributed by atoms with van der Waals surface area (Å²) in [6, 6.07) is 5.52. The fraction of sp³-hybridized carbons (Fsp3) is 0.333. The van der Waals surface area contributed by atoms with E-state index in [2.05, 4.69) is 80.9 Å². The molecule has 0 amide bonds. The van der Waals surface area contributed by atoms with Crippen molar-refractivity contribution in [2.75, 3.05) is 20.1 Å². The van der Waals surface area contributed by atoms with Gasteiger partial charge in [0.15, 0.2) is 0 Å². The molecule has 0 fully saturated rings. The van der Waals surface area contributed by atoms with Crippen molar-refractivity contribution in [3.63, 3.8) is 0 Å². The van der Waals surface area contributed by atoms with Crippen molar-refractivity contribution in [1.29, 1.82) is 0 Å². The Morgan fingerprint density at radius 1 is 1.14 bits per heavy atom. The van der Waals surface area contributed by atoms with Crippen molar-refractivity contribution in [2.24, 2.45) is 5.92 Å². The van der Waals surface area contributed by atoms with Crippen LogP contribution in [0.5, 0.6) is 5.75 Å². The van der Waals surface area contributed by atoms with E-state index in [4.69, 9.17) is 5.11 Å². The van der Waals surface area contributed by atoms with Gasteiger partial charge in [0.25, 0.3) is 0 Å². The molecule has 1 unspecified atom stereocenters. The molecular formula is C36H52N4O2. The maximum absolute atomic E-state index is 10.9. The predicted octanol–water partition coefficient (Wildman–Crippen LogP) is 7.40. The normalized spacial score (nSPS) is 11.5. The van der Waals surface area contributed by atoms with Crippen molar-refractivity contribution >= 4 is 12.1 Å². The fourth-order valence-electron chi connectivity index (χ4n) is 3.69. The Labute approximate surface area is 255 Å². The summed E-state index contributed by atoms with van der Waals surface area (Å²) in [5.41, 5.74) is 6.47. The fourth-order valence-corrected chi connectivity index (χ4v) is 3.69. The molecule has 2 rings (SSSR count). The van der Waals surface area contributed by atoms with Gasteiger partial charge in [-0.05, 0) is 107 Å². The van der Waals surface area contributed by atoms with Gasteiger partial charge in [0, 0.05) is 18.7 Å². The zero-order chi connectivity index (χ0) is 32.5. The van der Waals surface area contributed by atoms with Gasteiger partial charge in [0.1, 0.15) is 17.9 Å². The summed E-state index contributed by atoms with van der Waals surface area (Å²) in [4.78, 5) is 10.9. The molecular weight excluding hydrogens is 520 g/mol. The lowest BCUT2D eigenvalue weighted by atomic mass is 9.91. The number of aryl methyl sites for hydroxylation is 2. The van der Waals surface area contributed by atoms with Gasteiger partial charge in [-0.25, -0.2) is 4.68 Å². The number of benzene rings is 1. The van der Waals surface area contributed by atoms with E-state index in [1.807, 2.05) is 63.0 Å². The Bertz CT molecular complexity index is 1180. The van der Waals surface area contributed by atoms with Crippen LogP contribution in [0, 0.1) is 46.5 Å². The van der Waals surface area contributed by atoms with E-state index in [0.717, 1.165) is 65.0 Å². The molecule has 1 aromatic heterocycles. The molecule has 3 N–H and O–H groups in total. The summed E-state index contributed by atoms with van der Waals surface area (Å²) >= 11 is 0. The van der Waals surface area contributed by atoms with E-state index >= 15 is 0 Å². The number of aldehydes is 1. The number of allylic oxidation sites excluding steroid dienone is 5. The Kier molecular flexibility index (Phi) is 23.2. The van der Waals surface area contributed by atoms with Crippen LogP contribution in [0.4, 0.5) is 0 Å². The molecule has 228 valence electrons. The first-order valence-corrected chi connectivity index (χ1v) is 14.0. The molecule has 1 heterocycles. The van der Waals surface area contributed by atoms with E-state index < -0.39 is 0 Å². The van der Waals surface area contributed by atoms with Gasteiger partial charge in [-0.1, -0.05) is 49.6 Å². The standard InChI is InChI=1S/C24H36N4O.C8H10O.C2H4.C2H2/c1-7-9-11-22(8-2)18-26-24(28-21(5)20(4)17-27-28)16-19(3)23(12-10-15-29)13-14-25-6;1-6-4-3-5-8(9)7(6)2;2*1-2/h7-9,11,15-17,23,25-26H,1,3,10,12-14,18H2,2,4-6H3;3-5,9H,1-2H3;1-2H2;1-2H/b11-9-,22-8+,24-16-;;;. The molecule has 0 bridgehead atoms. The number of hydrogen-bond acceptors (Lipinski definition) is 5. The molecule has 2 aromatic rings. The number of terminal acetylenes is 1. The molecule has 0 spiro atoms. The number of aromatic nitrogens is 2. The molecule has 6 heteroatoms. The minimum Gasteiger partial charge on any atom is -0.508 e. The maximum Gasteiger partial charge on any atom is 0.128 e. The Morgan fingerprint density at radius 3 is 2.29 bits per heavy atom. The summed E-state index contributed by atoms with van der Waals surface area (Å²) in [5, 5.41) is 20.3. The molecule has 0 aliphatic carbocycles. The smallest absolute Gasteiger partial charge is 0.128 e. The number of aromatic hydroxyl groups is 1. The Hall–Kier alpha value is -4.34. The minimum atomic E-state index is 0.239. The van der Waals surface area contributed by atoms with Crippen LogP contribution in [0.2, 0.25) is 0 Å². The lowest BCUT2D eigenvalue weighted by Gasteiger charge is -2.19. The summed E-state index contributed by atoms with van der Waals surface area (Å²) in [5.74, 6) is 1.51. The van der Waals surface area contributed by atoms with Gasteiger partial charge >= 0.3 is 0 Å². The van der Waals surface area contributed by atoms with Gasteiger partial charge in [-0.15, -0.1) is 26.0 Å². The molecule has 42 heavy (non-hydrogen) atoms. The Morgan fingerprint density at radius 2 is 1.81 bits per heavy atom. The summed E-state index contributed by atoms with van der Waals surface area (Å²) in [6.07, 6.45) is 23.0. The highest BCUT2D eigenvalue weighted by atomic mass is 16.3. The first kappa shape index (κ1) is 39.8. The first-order valence-electron chi connectivity index (χ1n) is 14.0. The van der Waals surface area contributed by atoms with Crippen LogP contribution in [-0.4, -0.2) is 41.3 Å². The van der Waals surface area contributed by atoms with E-state index in [1.165, 1.54) is 0 Å². The van der Waals surface area contributed by atoms with Crippen molar-refractivity contribution in [1.82, 2.24) is 20.4 Å². The summed E-state index contributed by atoms with van der Waals surface area (Å²) < 4.78 is 1.92. The first-order chi connectivity index (χ1) is 20.2. The topological polar surface area (TPSA) is 79.2 Å². The van der Waals surface area contributed by atoms with Gasteiger partial charge in [0.2, 0.25) is 0 Å². The number of nitrogens with one attached hydrogen (secondary N) is 2. The third-order valence-electron chi connectivity index (χ3n) is 6.57. The summed E-state index contributed by atoms with van der Waals surface area (Å²) in [6.45, 7) is 25.6. The SMILES string of the molecule is C#C.C=C.C=C/C=C\C(=C/C)CN/C(=C/C(=C)C(CCC=O)CCNC)n1ncc(C)c1C.Cc1cccc(O)c1C. The number of rotatable bonds is 14. The van der Waals surface area contributed by atoms with Crippen LogP contribution in [0.25, 0.3) is 5.82 Å². The second-order valence-electron chi connectivity index (χ2n) is 9.29. The van der Waals surface area contributed by atoms with Crippen molar-refractivity contribution < 1.29 is 9.90 Å². The van der Waals surface area contributed by atoms with Gasteiger partial charge in [0.05, 0.1) is 6.20 Å². The van der Waals surface area contributed by atoms with Gasteiger partial charge < -0.3 is 20.5 Å². The second-order valence-corrected chi connectivity index (χ2v) is 9.29. The highest BCUT2D eigenvalue weighted by molar-refractivity contribution is 5.52. The minimum absolute atomic E-state index is 0.239. The highest BCUT2D eigenvalue weighted by Gasteiger charge is 2.14. The lowest BCUT2D eigenvalue weighted by molar-refractivity contribution is -0.108. The molecule has 0 aliphatic heterocycles. The molecule has 1 aromatic carbocycles. The third-order valence-corrected chi connectivity index (χ3v) is 6.57. The number of nitrogens with zero attached hydrogens (tertiary/aromatic N) is 2. The third kappa shape index (κ3) is 14.9. The van der Waals surface area contributed by atoms with E-state index in [9.17, 15) is 4.79 Å². The molecule has 0 saturated heterocycles. The molecule has 0 radical (unpaired) electrons. The number of carbonyl (C=O) groups excluding carboxylic acids is 1. The molecule has 6 nitrogen and oxygen atoms in total. The van der Waals surface area contributed by atoms with Crippen molar-refractivity contribution in [3.05, 3.63) is 115 Å².